The van der Waals surface area contributed by atoms with Crippen LogP contribution in [0.4, 0.5) is 5.69 Å². The number of hydrogen-bond donors (Lipinski definition) is 1. The molecule has 0 spiro atoms. The number of aromatic amines is 1. The molecule has 0 saturated carbocycles. The van der Waals surface area contributed by atoms with Crippen molar-refractivity contribution in [2.24, 2.45) is 0 Å². The van der Waals surface area contributed by atoms with Crippen molar-refractivity contribution in [3.8, 4) is 11.3 Å². The summed E-state index contributed by atoms with van der Waals surface area (Å²) >= 11 is 1.53. The lowest BCUT2D eigenvalue weighted by Gasteiger charge is -2.02. The van der Waals surface area contributed by atoms with Crippen molar-refractivity contribution in [3.05, 3.63) is 83.2 Å². The molecule has 0 bridgehead atoms. The van der Waals surface area contributed by atoms with Gasteiger partial charge in [0.1, 0.15) is 6.20 Å². The Bertz CT molecular complexity index is 1050. The number of hydrogen-bond acceptors (Lipinski definition) is 4. The fourth-order valence-electron chi connectivity index (χ4n) is 2.56. The maximum Gasteiger partial charge on any atom is 0.402 e. The molecule has 0 amide bonds. The summed E-state index contributed by atoms with van der Waals surface area (Å²) < 4.78 is 1.98. The predicted octanol–water partition coefficient (Wildman–Crippen LogP) is 3.87. The van der Waals surface area contributed by atoms with Crippen molar-refractivity contribution in [3.63, 3.8) is 0 Å². The molecule has 0 unspecified atom stereocenters. The molecular weight excluding hydrogens is 336 g/mol. The first-order valence-electron chi connectivity index (χ1n) is 7.58. The molecule has 4 aromatic rings. The maximum absolute atomic E-state index is 10.8. The largest absolute Gasteiger partial charge is 0.402 e. The van der Waals surface area contributed by atoms with Gasteiger partial charge in [-0.25, -0.2) is 4.98 Å². The smallest absolute Gasteiger partial charge is 0.258 e. The monoisotopic (exact) mass is 349 g/mol. The molecule has 7 heteroatoms. The second-order valence-electron chi connectivity index (χ2n) is 5.34. The molecule has 0 atom stereocenters. The number of fused-ring (bicyclic) bond motifs is 1. The molecule has 0 fully saturated rings. The minimum Gasteiger partial charge on any atom is -0.258 e. The summed E-state index contributed by atoms with van der Waals surface area (Å²) in [6, 6.07) is 18.4. The second-order valence-corrected chi connectivity index (χ2v) is 6.40. The Morgan fingerprint density at radius 1 is 1.04 bits per heavy atom. The van der Waals surface area contributed by atoms with Gasteiger partial charge in [0, 0.05) is 28.7 Å². The number of nitrogens with zero attached hydrogens (tertiary/aromatic N) is 3. The summed E-state index contributed by atoms with van der Waals surface area (Å²) in [6.07, 6.45) is 3.68. The van der Waals surface area contributed by atoms with Crippen LogP contribution in [0.5, 0.6) is 0 Å². The maximum atomic E-state index is 10.8. The molecule has 0 aliphatic rings. The quantitative estimate of drug-likeness (QED) is 0.345. The number of nitro benzene ring substituents is 1. The van der Waals surface area contributed by atoms with Gasteiger partial charge < -0.3 is 0 Å². The number of H-pyrrole nitrogens is 1. The first kappa shape index (κ1) is 15.3. The van der Waals surface area contributed by atoms with E-state index >= 15 is 0 Å². The Hall–Kier alpha value is -3.19. The van der Waals surface area contributed by atoms with Gasteiger partial charge in [-0.3, -0.25) is 10.1 Å². The molecule has 1 N–H and O–H groups in total. The third-order valence-corrected chi connectivity index (χ3v) is 4.84. The van der Waals surface area contributed by atoms with Crippen LogP contribution in [0.25, 0.3) is 17.0 Å². The fraction of sp³-hybridized carbons (Fsp3) is 0. The lowest BCUT2D eigenvalue weighted by Crippen LogP contribution is -2.21. The highest BCUT2D eigenvalue weighted by Crippen LogP contribution is 2.33. The van der Waals surface area contributed by atoms with Gasteiger partial charge in [-0.15, -0.1) is 0 Å². The van der Waals surface area contributed by atoms with E-state index in [-0.39, 0.29) is 5.69 Å². The minimum atomic E-state index is -0.395. The van der Waals surface area contributed by atoms with E-state index in [1.807, 2.05) is 47.0 Å². The van der Waals surface area contributed by atoms with Crippen LogP contribution in [0, 0.1) is 10.1 Å². The van der Waals surface area contributed by atoms with Crippen molar-refractivity contribution >= 4 is 23.2 Å². The van der Waals surface area contributed by atoms with Gasteiger partial charge in [0.05, 0.1) is 11.1 Å². The van der Waals surface area contributed by atoms with E-state index in [0.717, 1.165) is 27.0 Å². The van der Waals surface area contributed by atoms with Crippen LogP contribution in [0.1, 0.15) is 0 Å². The Morgan fingerprint density at radius 3 is 2.52 bits per heavy atom. The average molecular weight is 349 g/mol. The standard InChI is InChI=1S/C18H12N4O2S/c23-22(24)14-7-9-15(10-8-14)25-17-16(13-5-2-1-3-6-13)20-18-19-11-4-12-21(17)18/h1-12H/p+1. The van der Waals surface area contributed by atoms with Crippen LogP contribution in [-0.4, -0.2) is 14.9 Å². The summed E-state index contributed by atoms with van der Waals surface area (Å²) in [5.41, 5.74) is 2.10. The summed E-state index contributed by atoms with van der Waals surface area (Å²) in [5.74, 6) is 0.741. The summed E-state index contributed by atoms with van der Waals surface area (Å²) in [4.78, 5) is 19.1. The highest BCUT2D eigenvalue weighted by molar-refractivity contribution is 7.99. The number of aromatic nitrogens is 3. The number of nitro groups is 1. The number of rotatable bonds is 4. The Morgan fingerprint density at radius 2 is 1.80 bits per heavy atom. The lowest BCUT2D eigenvalue weighted by molar-refractivity contribution is -0.554. The van der Waals surface area contributed by atoms with Gasteiger partial charge in [-0.1, -0.05) is 47.1 Å². The zero-order chi connectivity index (χ0) is 17.2. The van der Waals surface area contributed by atoms with Crippen molar-refractivity contribution < 1.29 is 9.32 Å². The topological polar surface area (TPSA) is 75.9 Å². The molecule has 2 aromatic carbocycles. The van der Waals surface area contributed by atoms with Crippen molar-refractivity contribution in [1.29, 1.82) is 0 Å². The van der Waals surface area contributed by atoms with Gasteiger partial charge in [0.15, 0.2) is 10.7 Å². The third-order valence-electron chi connectivity index (χ3n) is 3.74. The van der Waals surface area contributed by atoms with Gasteiger partial charge in [0.25, 0.3) is 5.69 Å². The van der Waals surface area contributed by atoms with Crippen LogP contribution in [0.2, 0.25) is 0 Å². The van der Waals surface area contributed by atoms with E-state index < -0.39 is 4.92 Å². The van der Waals surface area contributed by atoms with Crippen LogP contribution < -0.4 is 4.40 Å². The molecule has 0 aliphatic carbocycles. The Kier molecular flexibility index (Phi) is 3.91. The van der Waals surface area contributed by atoms with Crippen LogP contribution in [0.15, 0.2) is 83.0 Å². The van der Waals surface area contributed by atoms with Crippen molar-refractivity contribution in [2.75, 3.05) is 0 Å². The van der Waals surface area contributed by atoms with E-state index in [1.165, 1.54) is 23.9 Å². The highest BCUT2D eigenvalue weighted by Gasteiger charge is 2.21. The van der Waals surface area contributed by atoms with Gasteiger partial charge in [0.2, 0.25) is 0 Å². The normalized spacial score (nSPS) is 10.9. The molecule has 4 rings (SSSR count). The van der Waals surface area contributed by atoms with Crippen LogP contribution >= 0.6 is 11.8 Å². The van der Waals surface area contributed by atoms with Crippen molar-refractivity contribution in [1.82, 2.24) is 9.97 Å². The van der Waals surface area contributed by atoms with E-state index in [4.69, 9.17) is 0 Å². The van der Waals surface area contributed by atoms with E-state index in [1.54, 1.807) is 18.3 Å². The molecule has 2 heterocycles. The van der Waals surface area contributed by atoms with Gasteiger partial charge >= 0.3 is 5.78 Å². The predicted molar refractivity (Wildman–Crippen MR) is 94.4 cm³/mol. The fourth-order valence-corrected chi connectivity index (χ4v) is 3.57. The van der Waals surface area contributed by atoms with Crippen LogP contribution in [-0.2, 0) is 0 Å². The molecule has 0 aliphatic heterocycles. The van der Waals surface area contributed by atoms with Crippen LogP contribution in [0.3, 0.4) is 0 Å². The molecule has 2 aromatic heterocycles. The van der Waals surface area contributed by atoms with Crippen molar-refractivity contribution in [2.45, 2.75) is 9.92 Å². The van der Waals surface area contributed by atoms with E-state index in [2.05, 4.69) is 9.97 Å². The number of non-ortho nitro benzene ring substituents is 1. The Balaban J connectivity index is 1.81. The minimum absolute atomic E-state index is 0.0841. The summed E-state index contributed by atoms with van der Waals surface area (Å²) in [6.45, 7) is 0. The first-order valence-corrected chi connectivity index (χ1v) is 8.40. The first-order chi connectivity index (χ1) is 12.2. The zero-order valence-electron chi connectivity index (χ0n) is 13.0. The number of benzene rings is 2. The number of nitrogens with one attached hydrogen (secondary N) is 1. The summed E-state index contributed by atoms with van der Waals surface area (Å²) in [7, 11) is 0. The molecule has 25 heavy (non-hydrogen) atoms. The molecular formula is C18H13N4O2S+. The third kappa shape index (κ3) is 2.97. The zero-order valence-corrected chi connectivity index (χ0v) is 13.8. The molecule has 0 radical (unpaired) electrons. The van der Waals surface area contributed by atoms with E-state index in [9.17, 15) is 10.1 Å². The molecule has 0 saturated heterocycles. The SMILES string of the molecule is O=[N+]([O-])c1ccc(Sc2c(-c3ccccc3)[nH]c3nccc[n+]23)cc1. The Labute approximate surface area is 147 Å². The van der Waals surface area contributed by atoms with Gasteiger partial charge in [-0.05, 0) is 12.1 Å². The van der Waals surface area contributed by atoms with Gasteiger partial charge in [-0.2, -0.15) is 4.40 Å². The summed E-state index contributed by atoms with van der Waals surface area (Å²) in [5, 5.41) is 11.8. The lowest BCUT2D eigenvalue weighted by atomic mass is 10.2. The second kappa shape index (κ2) is 6.37. The average Bonchev–Trinajstić information content (AvgIpc) is 3.02. The molecule has 6 nitrogen and oxygen atoms in total. The number of imidazole rings is 1. The van der Waals surface area contributed by atoms with E-state index in [0.29, 0.717) is 0 Å². The highest BCUT2D eigenvalue weighted by atomic mass is 32.2. The molecule has 122 valence electrons.